The lowest BCUT2D eigenvalue weighted by Crippen LogP contribution is -2.55. The summed E-state index contributed by atoms with van der Waals surface area (Å²) in [5.41, 5.74) is 0.814. The summed E-state index contributed by atoms with van der Waals surface area (Å²) < 4.78 is 24.7. The van der Waals surface area contributed by atoms with Gasteiger partial charge in [-0.15, -0.1) is 0 Å². The molecular weight excluding hydrogens is 363 g/mol. The van der Waals surface area contributed by atoms with Gasteiger partial charge in [-0.25, -0.2) is 4.39 Å². The van der Waals surface area contributed by atoms with Crippen LogP contribution in [-0.2, 0) is 16.1 Å². The maximum atomic E-state index is 14.0. The maximum absolute atomic E-state index is 14.0. The minimum absolute atomic E-state index is 0.102. The number of hydrogen-bond acceptors (Lipinski definition) is 4. The van der Waals surface area contributed by atoms with E-state index in [0.717, 1.165) is 24.4 Å². The van der Waals surface area contributed by atoms with Crippen molar-refractivity contribution < 1.29 is 18.7 Å². The molecule has 3 rings (SSSR count). The van der Waals surface area contributed by atoms with Gasteiger partial charge in [0.05, 0.1) is 6.61 Å². The molecule has 28 heavy (non-hydrogen) atoms. The molecule has 1 unspecified atom stereocenters. The van der Waals surface area contributed by atoms with Gasteiger partial charge in [-0.3, -0.25) is 9.79 Å². The summed E-state index contributed by atoms with van der Waals surface area (Å²) in [4.78, 5) is 20.8. The number of halogens is 1. The van der Waals surface area contributed by atoms with Crippen LogP contribution in [0.15, 0.2) is 23.2 Å². The molecule has 0 spiro atoms. The van der Waals surface area contributed by atoms with Gasteiger partial charge in [-0.2, -0.15) is 0 Å². The molecule has 2 aliphatic heterocycles. The number of nitrogens with zero attached hydrogens (tertiary/aromatic N) is 3. The normalized spacial score (nSPS) is 20.4. The van der Waals surface area contributed by atoms with Gasteiger partial charge in [0, 0.05) is 46.4 Å². The van der Waals surface area contributed by atoms with Gasteiger partial charge in [0.2, 0.25) is 0 Å². The van der Waals surface area contributed by atoms with Crippen LogP contribution in [0, 0.1) is 5.82 Å². The molecule has 1 atom stereocenters. The van der Waals surface area contributed by atoms with Crippen LogP contribution < -0.4 is 10.1 Å². The van der Waals surface area contributed by atoms with E-state index in [4.69, 9.17) is 9.47 Å². The molecule has 0 bridgehead atoms. The second kappa shape index (κ2) is 9.73. The minimum atomic E-state index is -0.364. The second-order valence-corrected chi connectivity index (χ2v) is 6.91. The maximum Gasteiger partial charge on any atom is 0.251 e. The predicted molar refractivity (Wildman–Crippen MR) is 105 cm³/mol. The largest absolute Gasteiger partial charge is 0.491 e. The molecule has 1 aromatic carbocycles. The van der Waals surface area contributed by atoms with Crippen LogP contribution in [0.5, 0.6) is 5.75 Å². The minimum Gasteiger partial charge on any atom is -0.491 e. The summed E-state index contributed by atoms with van der Waals surface area (Å²) in [5.74, 6) is 0.753. The number of carbonyl (C=O) groups excluding carboxylic acids is 1. The zero-order chi connectivity index (χ0) is 19.9. The van der Waals surface area contributed by atoms with Gasteiger partial charge >= 0.3 is 0 Å². The standard InChI is InChI=1S/C20H29FN4O3/c1-3-27-17-7-6-15(13-16(17)21)14-23-20(22-2)25-10-8-24(9-11-25)19(26)18-5-4-12-28-18/h6-7,13,18H,3-5,8-12,14H2,1-2H3,(H,22,23). The molecule has 2 aliphatic rings. The number of benzene rings is 1. The van der Waals surface area contributed by atoms with Crippen LogP contribution in [0.25, 0.3) is 0 Å². The molecule has 1 aromatic rings. The van der Waals surface area contributed by atoms with E-state index in [9.17, 15) is 9.18 Å². The summed E-state index contributed by atoms with van der Waals surface area (Å²) in [5, 5.41) is 3.27. The van der Waals surface area contributed by atoms with Crippen molar-refractivity contribution in [1.29, 1.82) is 0 Å². The van der Waals surface area contributed by atoms with E-state index in [1.807, 2.05) is 17.9 Å². The molecule has 0 aliphatic carbocycles. The first-order valence-electron chi connectivity index (χ1n) is 9.89. The Kier molecular flexibility index (Phi) is 7.08. The Morgan fingerprint density at radius 2 is 2.07 bits per heavy atom. The lowest BCUT2D eigenvalue weighted by molar-refractivity contribution is -0.142. The number of guanidine groups is 1. The van der Waals surface area contributed by atoms with Crippen molar-refractivity contribution in [3.63, 3.8) is 0 Å². The summed E-state index contributed by atoms with van der Waals surface area (Å²) in [7, 11) is 1.73. The number of rotatable bonds is 5. The highest BCUT2D eigenvalue weighted by Gasteiger charge is 2.30. The van der Waals surface area contributed by atoms with Crippen LogP contribution in [-0.4, -0.2) is 74.2 Å². The third kappa shape index (κ3) is 4.92. The molecule has 2 saturated heterocycles. The summed E-state index contributed by atoms with van der Waals surface area (Å²) in [6.07, 6.45) is 1.51. The number of carbonyl (C=O) groups is 1. The molecule has 0 aromatic heterocycles. The average molecular weight is 392 g/mol. The van der Waals surface area contributed by atoms with Crippen LogP contribution in [0.4, 0.5) is 4.39 Å². The molecule has 0 saturated carbocycles. The Bertz CT molecular complexity index is 699. The fourth-order valence-corrected chi connectivity index (χ4v) is 3.55. The van der Waals surface area contributed by atoms with Crippen molar-refractivity contribution in [3.8, 4) is 5.75 Å². The van der Waals surface area contributed by atoms with Crippen molar-refractivity contribution in [2.24, 2.45) is 4.99 Å². The Morgan fingerprint density at radius 3 is 2.68 bits per heavy atom. The highest BCUT2D eigenvalue weighted by Crippen LogP contribution is 2.19. The fourth-order valence-electron chi connectivity index (χ4n) is 3.55. The average Bonchev–Trinajstić information content (AvgIpc) is 3.25. The second-order valence-electron chi connectivity index (χ2n) is 6.91. The lowest BCUT2D eigenvalue weighted by Gasteiger charge is -2.37. The third-order valence-electron chi connectivity index (χ3n) is 5.05. The molecule has 154 valence electrons. The number of amides is 1. The number of ether oxygens (including phenoxy) is 2. The summed E-state index contributed by atoms with van der Waals surface area (Å²) >= 11 is 0. The monoisotopic (exact) mass is 392 g/mol. The van der Waals surface area contributed by atoms with E-state index in [1.165, 1.54) is 6.07 Å². The Morgan fingerprint density at radius 1 is 1.32 bits per heavy atom. The fraction of sp³-hybridized carbons (Fsp3) is 0.600. The van der Waals surface area contributed by atoms with Gasteiger partial charge in [0.25, 0.3) is 5.91 Å². The van der Waals surface area contributed by atoms with E-state index >= 15 is 0 Å². The first-order chi connectivity index (χ1) is 13.6. The number of nitrogens with one attached hydrogen (secondary N) is 1. The number of piperazine rings is 1. The van der Waals surface area contributed by atoms with Gasteiger partial charge in [-0.1, -0.05) is 6.07 Å². The van der Waals surface area contributed by atoms with E-state index < -0.39 is 0 Å². The third-order valence-corrected chi connectivity index (χ3v) is 5.05. The lowest BCUT2D eigenvalue weighted by atomic mass is 10.2. The first-order valence-corrected chi connectivity index (χ1v) is 9.89. The highest BCUT2D eigenvalue weighted by molar-refractivity contribution is 5.82. The van der Waals surface area contributed by atoms with Crippen molar-refractivity contribution >= 4 is 11.9 Å². The van der Waals surface area contributed by atoms with E-state index in [2.05, 4.69) is 15.2 Å². The number of hydrogen-bond donors (Lipinski definition) is 1. The van der Waals surface area contributed by atoms with Crippen molar-refractivity contribution in [2.75, 3.05) is 46.4 Å². The summed E-state index contributed by atoms with van der Waals surface area (Å²) in [6, 6.07) is 4.96. The Balaban J connectivity index is 1.49. The Labute approximate surface area is 165 Å². The van der Waals surface area contributed by atoms with Gasteiger partial charge in [0.15, 0.2) is 17.5 Å². The molecule has 2 fully saturated rings. The van der Waals surface area contributed by atoms with E-state index in [0.29, 0.717) is 45.9 Å². The highest BCUT2D eigenvalue weighted by atomic mass is 19.1. The smallest absolute Gasteiger partial charge is 0.251 e. The van der Waals surface area contributed by atoms with Crippen molar-refractivity contribution in [3.05, 3.63) is 29.6 Å². The molecule has 8 heteroatoms. The number of aliphatic imine (C=N–C) groups is 1. The van der Waals surface area contributed by atoms with Crippen molar-refractivity contribution in [1.82, 2.24) is 15.1 Å². The van der Waals surface area contributed by atoms with Crippen molar-refractivity contribution in [2.45, 2.75) is 32.4 Å². The van der Waals surface area contributed by atoms with Crippen LogP contribution in [0.3, 0.4) is 0 Å². The van der Waals surface area contributed by atoms with Gasteiger partial charge in [-0.05, 0) is 37.5 Å². The van der Waals surface area contributed by atoms with Gasteiger partial charge in [0.1, 0.15) is 6.10 Å². The predicted octanol–water partition coefficient (Wildman–Crippen LogP) is 1.62. The zero-order valence-corrected chi connectivity index (χ0v) is 16.6. The van der Waals surface area contributed by atoms with Crippen LogP contribution >= 0.6 is 0 Å². The molecular formula is C20H29FN4O3. The molecule has 1 amide bonds. The van der Waals surface area contributed by atoms with E-state index in [1.54, 1.807) is 13.1 Å². The molecule has 7 nitrogen and oxygen atoms in total. The Hall–Kier alpha value is -2.35. The quantitative estimate of drug-likeness (QED) is 0.609. The van der Waals surface area contributed by atoms with Crippen LogP contribution in [0.1, 0.15) is 25.3 Å². The topological polar surface area (TPSA) is 66.4 Å². The molecule has 0 radical (unpaired) electrons. The van der Waals surface area contributed by atoms with E-state index in [-0.39, 0.29) is 23.6 Å². The summed E-state index contributed by atoms with van der Waals surface area (Å²) in [6.45, 7) is 6.11. The van der Waals surface area contributed by atoms with Crippen LogP contribution in [0.2, 0.25) is 0 Å². The SMILES string of the molecule is CCOc1ccc(CNC(=NC)N2CCN(C(=O)C3CCCO3)CC2)cc1F. The zero-order valence-electron chi connectivity index (χ0n) is 16.6. The molecule has 2 heterocycles. The first kappa shape index (κ1) is 20.4. The molecule has 1 N–H and O–H groups in total. The van der Waals surface area contributed by atoms with Gasteiger partial charge < -0.3 is 24.6 Å².